The van der Waals surface area contributed by atoms with Crippen molar-refractivity contribution >= 4 is 23.2 Å². The zero-order valence-electron chi connectivity index (χ0n) is 11.2. The molecule has 1 aromatic rings. The van der Waals surface area contributed by atoms with E-state index in [2.05, 4.69) is 5.32 Å². The molecule has 0 unspecified atom stereocenters. The average Bonchev–Trinajstić information content (AvgIpc) is 2.38. The Kier molecular flexibility index (Phi) is 4.66. The Morgan fingerprint density at radius 3 is 2.33 bits per heavy atom. The lowest BCUT2D eigenvalue weighted by Gasteiger charge is -2.30. The maximum Gasteiger partial charge on any atom is 0.391 e. The molecule has 0 radical (unpaired) electrons. The number of carbonyl (C=O) groups is 1. The second-order valence-electron chi connectivity index (χ2n) is 5.29. The highest BCUT2D eigenvalue weighted by atomic mass is 35.5. The molecular formula is C14H16ClF3N2O. The van der Waals surface area contributed by atoms with Crippen LogP contribution in [-0.2, 0) is 0 Å². The Balaban J connectivity index is 1.95. The van der Waals surface area contributed by atoms with Gasteiger partial charge in [0.1, 0.15) is 0 Å². The van der Waals surface area contributed by atoms with Gasteiger partial charge in [0, 0.05) is 11.7 Å². The molecule has 0 spiro atoms. The number of halogens is 4. The summed E-state index contributed by atoms with van der Waals surface area (Å²) in [5.74, 6) is -1.81. The third kappa shape index (κ3) is 4.03. The fourth-order valence-corrected chi connectivity index (χ4v) is 2.88. The summed E-state index contributed by atoms with van der Waals surface area (Å²) in [7, 11) is 0. The van der Waals surface area contributed by atoms with Crippen molar-refractivity contribution in [1.29, 1.82) is 0 Å². The van der Waals surface area contributed by atoms with Gasteiger partial charge >= 0.3 is 6.18 Å². The third-order valence-corrected chi connectivity index (χ3v) is 4.11. The van der Waals surface area contributed by atoms with Crippen molar-refractivity contribution in [3.05, 3.63) is 28.8 Å². The molecule has 7 heteroatoms. The monoisotopic (exact) mass is 320 g/mol. The highest BCUT2D eigenvalue weighted by molar-refractivity contribution is 6.34. The van der Waals surface area contributed by atoms with Gasteiger partial charge in [-0.3, -0.25) is 4.79 Å². The molecule has 3 N–H and O–H groups in total. The van der Waals surface area contributed by atoms with E-state index >= 15 is 0 Å². The highest BCUT2D eigenvalue weighted by Crippen LogP contribution is 2.38. The van der Waals surface area contributed by atoms with Crippen LogP contribution in [0.5, 0.6) is 0 Å². The van der Waals surface area contributed by atoms with Crippen LogP contribution in [-0.4, -0.2) is 18.1 Å². The first-order chi connectivity index (χ1) is 9.77. The van der Waals surface area contributed by atoms with E-state index in [0.717, 1.165) is 0 Å². The summed E-state index contributed by atoms with van der Waals surface area (Å²) in [4.78, 5) is 11.1. The lowest BCUT2D eigenvalue weighted by Crippen LogP contribution is -2.32. The maximum absolute atomic E-state index is 12.6. The van der Waals surface area contributed by atoms with Gasteiger partial charge in [0.05, 0.1) is 16.5 Å². The first kappa shape index (κ1) is 15.9. The standard InChI is InChI=1S/C14H16ClF3N2O/c15-12-7-10(5-6-11(12)13(19)21)20-9-3-1-8(2-4-9)14(16,17)18/h5-9,20H,1-4H2,(H2,19,21). The molecule has 0 bridgehead atoms. The molecule has 1 aromatic carbocycles. The van der Waals surface area contributed by atoms with Gasteiger partial charge < -0.3 is 11.1 Å². The van der Waals surface area contributed by atoms with E-state index in [-0.39, 0.29) is 29.5 Å². The summed E-state index contributed by atoms with van der Waals surface area (Å²) in [6.45, 7) is 0. The Labute approximate surface area is 125 Å². The number of primary amides is 1. The fourth-order valence-electron chi connectivity index (χ4n) is 2.61. The molecular weight excluding hydrogens is 305 g/mol. The van der Waals surface area contributed by atoms with Gasteiger partial charge in [-0.1, -0.05) is 11.6 Å². The van der Waals surface area contributed by atoms with E-state index < -0.39 is 18.0 Å². The quantitative estimate of drug-likeness (QED) is 0.885. The minimum atomic E-state index is -4.10. The molecule has 1 saturated carbocycles. The molecule has 116 valence electrons. The zero-order valence-corrected chi connectivity index (χ0v) is 12.0. The first-order valence-corrected chi connectivity index (χ1v) is 7.08. The van der Waals surface area contributed by atoms with E-state index in [9.17, 15) is 18.0 Å². The minimum Gasteiger partial charge on any atom is -0.382 e. The number of carbonyl (C=O) groups excluding carboxylic acids is 1. The number of alkyl halides is 3. The molecule has 1 amide bonds. The molecule has 1 aliphatic rings. The Hall–Kier alpha value is -1.43. The van der Waals surface area contributed by atoms with Gasteiger partial charge in [0.25, 0.3) is 0 Å². The van der Waals surface area contributed by atoms with Crippen LogP contribution in [0.1, 0.15) is 36.0 Å². The number of nitrogens with two attached hydrogens (primary N) is 1. The van der Waals surface area contributed by atoms with Crippen molar-refractivity contribution in [3.8, 4) is 0 Å². The number of hydrogen-bond donors (Lipinski definition) is 2. The summed E-state index contributed by atoms with van der Waals surface area (Å²) in [6, 6.07) is 4.72. The van der Waals surface area contributed by atoms with Crippen LogP contribution in [0.3, 0.4) is 0 Å². The topological polar surface area (TPSA) is 55.1 Å². The van der Waals surface area contributed by atoms with Crippen molar-refractivity contribution < 1.29 is 18.0 Å². The van der Waals surface area contributed by atoms with Gasteiger partial charge in [-0.25, -0.2) is 0 Å². The summed E-state index contributed by atoms with van der Waals surface area (Å²) in [5, 5.41) is 3.39. The van der Waals surface area contributed by atoms with Crippen molar-refractivity contribution in [2.24, 2.45) is 11.7 Å². The van der Waals surface area contributed by atoms with Gasteiger partial charge in [0.15, 0.2) is 0 Å². The van der Waals surface area contributed by atoms with E-state index in [1.165, 1.54) is 6.07 Å². The van der Waals surface area contributed by atoms with Crippen LogP contribution in [0, 0.1) is 5.92 Å². The second-order valence-corrected chi connectivity index (χ2v) is 5.70. The largest absolute Gasteiger partial charge is 0.391 e. The van der Waals surface area contributed by atoms with E-state index in [1.54, 1.807) is 12.1 Å². The summed E-state index contributed by atoms with van der Waals surface area (Å²) >= 11 is 5.94. The summed E-state index contributed by atoms with van der Waals surface area (Å²) < 4.78 is 37.8. The maximum atomic E-state index is 12.6. The van der Waals surface area contributed by atoms with Crippen LogP contribution >= 0.6 is 11.6 Å². The van der Waals surface area contributed by atoms with Crippen LogP contribution in [0.4, 0.5) is 18.9 Å². The lowest BCUT2D eigenvalue weighted by atomic mass is 9.85. The lowest BCUT2D eigenvalue weighted by molar-refractivity contribution is -0.182. The predicted molar refractivity (Wildman–Crippen MR) is 75.4 cm³/mol. The highest BCUT2D eigenvalue weighted by Gasteiger charge is 2.41. The smallest absolute Gasteiger partial charge is 0.382 e. The Bertz CT molecular complexity index is 525. The number of hydrogen-bond acceptors (Lipinski definition) is 2. The summed E-state index contributed by atoms with van der Waals surface area (Å²) in [6.07, 6.45) is -2.92. The Morgan fingerprint density at radius 1 is 1.24 bits per heavy atom. The number of amides is 1. The third-order valence-electron chi connectivity index (χ3n) is 3.80. The van der Waals surface area contributed by atoms with Crippen molar-refractivity contribution in [2.45, 2.75) is 37.9 Å². The molecule has 1 fully saturated rings. The van der Waals surface area contributed by atoms with Gasteiger partial charge in [-0.2, -0.15) is 13.2 Å². The first-order valence-electron chi connectivity index (χ1n) is 6.70. The van der Waals surface area contributed by atoms with E-state index in [1.807, 2.05) is 0 Å². The van der Waals surface area contributed by atoms with Gasteiger partial charge in [-0.15, -0.1) is 0 Å². The average molecular weight is 321 g/mol. The molecule has 0 aliphatic heterocycles. The number of benzene rings is 1. The van der Waals surface area contributed by atoms with E-state index in [4.69, 9.17) is 17.3 Å². The predicted octanol–water partition coefficient (Wildman–Crippen LogP) is 3.97. The molecule has 2 rings (SSSR count). The Morgan fingerprint density at radius 2 is 1.86 bits per heavy atom. The van der Waals surface area contributed by atoms with Crippen LogP contribution < -0.4 is 11.1 Å². The molecule has 21 heavy (non-hydrogen) atoms. The summed E-state index contributed by atoms with van der Waals surface area (Å²) in [5.41, 5.74) is 6.06. The number of rotatable bonds is 3. The van der Waals surface area contributed by atoms with Crippen LogP contribution in [0.25, 0.3) is 0 Å². The normalized spacial score (nSPS) is 22.9. The molecule has 0 aromatic heterocycles. The molecule has 0 atom stereocenters. The van der Waals surface area contributed by atoms with Crippen molar-refractivity contribution in [2.75, 3.05) is 5.32 Å². The van der Waals surface area contributed by atoms with Crippen LogP contribution in [0.15, 0.2) is 18.2 Å². The van der Waals surface area contributed by atoms with Gasteiger partial charge in [-0.05, 0) is 43.9 Å². The SMILES string of the molecule is NC(=O)c1ccc(NC2CCC(C(F)(F)F)CC2)cc1Cl. The minimum absolute atomic E-state index is 0.0147. The molecule has 0 heterocycles. The van der Waals surface area contributed by atoms with Gasteiger partial charge in [0.2, 0.25) is 5.91 Å². The molecule has 3 nitrogen and oxygen atoms in total. The van der Waals surface area contributed by atoms with E-state index in [0.29, 0.717) is 18.5 Å². The molecule has 0 saturated heterocycles. The second kappa shape index (κ2) is 6.13. The fraction of sp³-hybridized carbons (Fsp3) is 0.500. The molecule has 1 aliphatic carbocycles. The van der Waals surface area contributed by atoms with Crippen molar-refractivity contribution in [1.82, 2.24) is 0 Å². The van der Waals surface area contributed by atoms with Crippen LogP contribution in [0.2, 0.25) is 5.02 Å². The zero-order chi connectivity index (χ0) is 15.6. The number of anilines is 1. The van der Waals surface area contributed by atoms with Crippen molar-refractivity contribution in [3.63, 3.8) is 0 Å². The number of nitrogens with one attached hydrogen (secondary N) is 1.